The number of nitrogens with zero attached hydrogens (tertiary/aromatic N) is 3. The van der Waals surface area contributed by atoms with Gasteiger partial charge in [0.2, 0.25) is 5.91 Å². The van der Waals surface area contributed by atoms with Crippen LogP contribution in [0.1, 0.15) is 26.7 Å². The average Bonchev–Trinajstić information content (AvgIpc) is 3.03. The number of likely N-dealkylation sites (tertiary alicyclic amines) is 1. The SMILES string of the molecule is CN=C(NCCN1C(=O)CNC1=O)N1CCC(CC(C)C)C1.I. The van der Waals surface area contributed by atoms with Crippen molar-refractivity contribution in [2.45, 2.75) is 26.7 Å². The highest BCUT2D eigenvalue weighted by molar-refractivity contribution is 14.0. The van der Waals surface area contributed by atoms with Gasteiger partial charge in [0.25, 0.3) is 0 Å². The fourth-order valence-corrected chi connectivity index (χ4v) is 3.18. The van der Waals surface area contributed by atoms with Crippen molar-refractivity contribution >= 4 is 41.9 Å². The quantitative estimate of drug-likeness (QED) is 0.292. The molecule has 2 aliphatic heterocycles. The molecule has 2 heterocycles. The first kappa shape index (κ1) is 20.0. The lowest BCUT2D eigenvalue weighted by Gasteiger charge is -2.23. The first-order valence-electron chi connectivity index (χ1n) is 8.05. The van der Waals surface area contributed by atoms with E-state index in [2.05, 4.69) is 34.4 Å². The molecule has 2 fully saturated rings. The van der Waals surface area contributed by atoms with Crippen LogP contribution in [0.4, 0.5) is 4.79 Å². The van der Waals surface area contributed by atoms with Gasteiger partial charge in [-0.3, -0.25) is 14.7 Å². The maximum atomic E-state index is 11.5. The van der Waals surface area contributed by atoms with Crippen LogP contribution in [0.25, 0.3) is 0 Å². The molecule has 2 aliphatic rings. The highest BCUT2D eigenvalue weighted by Gasteiger charge is 2.28. The smallest absolute Gasteiger partial charge is 0.324 e. The number of carbonyl (C=O) groups excluding carboxylic acids is 2. The Morgan fingerprint density at radius 2 is 2.17 bits per heavy atom. The lowest BCUT2D eigenvalue weighted by atomic mass is 9.97. The standard InChI is InChI=1S/C15H27N5O2.HI/c1-11(2)8-12-4-6-19(10-12)14(16-3)17-5-7-20-13(21)9-18-15(20)22;/h11-12H,4-10H2,1-3H3,(H,16,17)(H,18,22);1H. The van der Waals surface area contributed by atoms with Crippen molar-refractivity contribution in [2.75, 3.05) is 39.8 Å². The maximum Gasteiger partial charge on any atom is 0.324 e. The Labute approximate surface area is 155 Å². The van der Waals surface area contributed by atoms with Crippen molar-refractivity contribution < 1.29 is 9.59 Å². The largest absolute Gasteiger partial charge is 0.354 e. The van der Waals surface area contributed by atoms with Gasteiger partial charge in [-0.2, -0.15) is 0 Å². The molecule has 8 heteroatoms. The molecule has 132 valence electrons. The molecule has 7 nitrogen and oxygen atoms in total. The highest BCUT2D eigenvalue weighted by atomic mass is 127. The lowest BCUT2D eigenvalue weighted by Crippen LogP contribution is -2.44. The van der Waals surface area contributed by atoms with Crippen molar-refractivity contribution in [1.29, 1.82) is 0 Å². The topological polar surface area (TPSA) is 77.0 Å². The second-order valence-electron chi connectivity index (χ2n) is 6.41. The van der Waals surface area contributed by atoms with Gasteiger partial charge >= 0.3 is 6.03 Å². The van der Waals surface area contributed by atoms with Gasteiger partial charge in [0.05, 0.1) is 6.54 Å². The van der Waals surface area contributed by atoms with Crippen LogP contribution in [0.15, 0.2) is 4.99 Å². The number of nitrogens with one attached hydrogen (secondary N) is 2. The van der Waals surface area contributed by atoms with Gasteiger partial charge in [0.15, 0.2) is 5.96 Å². The molecule has 23 heavy (non-hydrogen) atoms. The average molecular weight is 437 g/mol. The van der Waals surface area contributed by atoms with Crippen LogP contribution in [-0.4, -0.2) is 67.5 Å². The van der Waals surface area contributed by atoms with Crippen molar-refractivity contribution in [3.05, 3.63) is 0 Å². The lowest BCUT2D eigenvalue weighted by molar-refractivity contribution is -0.124. The third-order valence-corrected chi connectivity index (χ3v) is 4.16. The van der Waals surface area contributed by atoms with Gasteiger partial charge in [-0.15, -0.1) is 24.0 Å². The summed E-state index contributed by atoms with van der Waals surface area (Å²) in [6, 6.07) is -0.306. The zero-order chi connectivity index (χ0) is 16.1. The monoisotopic (exact) mass is 437 g/mol. The molecule has 1 atom stereocenters. The summed E-state index contributed by atoms with van der Waals surface area (Å²) < 4.78 is 0. The van der Waals surface area contributed by atoms with Crippen LogP contribution in [0, 0.1) is 11.8 Å². The molecule has 2 N–H and O–H groups in total. The summed E-state index contributed by atoms with van der Waals surface area (Å²) >= 11 is 0. The summed E-state index contributed by atoms with van der Waals surface area (Å²) in [7, 11) is 1.77. The van der Waals surface area contributed by atoms with E-state index in [1.54, 1.807) is 7.05 Å². The predicted molar refractivity (Wildman–Crippen MR) is 101 cm³/mol. The molecule has 0 bridgehead atoms. The summed E-state index contributed by atoms with van der Waals surface area (Å²) in [6.07, 6.45) is 2.45. The van der Waals surface area contributed by atoms with Gasteiger partial charge in [0.1, 0.15) is 0 Å². The Kier molecular flexibility index (Phi) is 8.07. The summed E-state index contributed by atoms with van der Waals surface area (Å²) in [6.45, 7) is 7.56. The maximum absolute atomic E-state index is 11.5. The minimum atomic E-state index is -0.306. The molecule has 0 aromatic rings. The van der Waals surface area contributed by atoms with Gasteiger partial charge in [-0.05, 0) is 24.7 Å². The molecule has 0 aromatic heterocycles. The van der Waals surface area contributed by atoms with E-state index in [-0.39, 0.29) is 42.5 Å². The minimum absolute atomic E-state index is 0. The number of urea groups is 1. The van der Waals surface area contributed by atoms with E-state index in [0.29, 0.717) is 13.1 Å². The third kappa shape index (κ3) is 5.50. The summed E-state index contributed by atoms with van der Waals surface area (Å²) in [5, 5.41) is 5.77. The molecule has 0 radical (unpaired) electrons. The third-order valence-electron chi connectivity index (χ3n) is 4.16. The molecule has 2 rings (SSSR count). The normalized spacial score (nSPS) is 21.7. The molecule has 0 aromatic carbocycles. The molecule has 1 unspecified atom stereocenters. The molecule has 0 saturated carbocycles. The van der Waals surface area contributed by atoms with Crippen molar-refractivity contribution in [2.24, 2.45) is 16.8 Å². The van der Waals surface area contributed by atoms with Crippen molar-refractivity contribution in [1.82, 2.24) is 20.4 Å². The first-order chi connectivity index (χ1) is 10.5. The van der Waals surface area contributed by atoms with E-state index in [4.69, 9.17) is 0 Å². The number of guanidine groups is 1. The van der Waals surface area contributed by atoms with Crippen molar-refractivity contribution in [3.63, 3.8) is 0 Å². The van der Waals surface area contributed by atoms with Crippen LogP contribution in [-0.2, 0) is 4.79 Å². The number of hydrogen-bond donors (Lipinski definition) is 2. The number of imide groups is 1. The summed E-state index contributed by atoms with van der Waals surface area (Å²) in [5.74, 6) is 2.14. The molecule has 0 aliphatic carbocycles. The van der Waals surface area contributed by atoms with Crippen LogP contribution >= 0.6 is 24.0 Å². The number of hydrogen-bond acceptors (Lipinski definition) is 3. The molecular weight excluding hydrogens is 409 g/mol. The number of amides is 3. The Bertz CT molecular complexity index is 439. The van der Waals surface area contributed by atoms with E-state index in [1.165, 1.54) is 17.7 Å². The van der Waals surface area contributed by atoms with E-state index < -0.39 is 0 Å². The Hall–Kier alpha value is -1.06. The van der Waals surface area contributed by atoms with Crippen LogP contribution in [0.5, 0.6) is 0 Å². The predicted octanol–water partition coefficient (Wildman–Crippen LogP) is 1.10. The zero-order valence-corrected chi connectivity index (χ0v) is 16.5. The number of carbonyl (C=O) groups is 2. The van der Waals surface area contributed by atoms with Gasteiger partial charge in [-0.25, -0.2) is 4.79 Å². The molecule has 0 spiro atoms. The van der Waals surface area contributed by atoms with Gasteiger partial charge in [-0.1, -0.05) is 13.8 Å². The van der Waals surface area contributed by atoms with E-state index in [0.717, 1.165) is 30.9 Å². The van der Waals surface area contributed by atoms with Crippen molar-refractivity contribution in [3.8, 4) is 0 Å². The Morgan fingerprint density at radius 3 is 2.74 bits per heavy atom. The number of aliphatic imine (C=N–C) groups is 1. The zero-order valence-electron chi connectivity index (χ0n) is 14.2. The summed E-state index contributed by atoms with van der Waals surface area (Å²) in [4.78, 5) is 30.8. The number of halogens is 1. The Balaban J connectivity index is 0.00000264. The van der Waals surface area contributed by atoms with E-state index >= 15 is 0 Å². The van der Waals surface area contributed by atoms with Crippen LogP contribution in [0.3, 0.4) is 0 Å². The molecule has 3 amide bonds. The van der Waals surface area contributed by atoms with Gasteiger partial charge in [0, 0.05) is 33.2 Å². The highest BCUT2D eigenvalue weighted by Crippen LogP contribution is 2.23. The minimum Gasteiger partial charge on any atom is -0.354 e. The first-order valence-corrected chi connectivity index (χ1v) is 8.05. The second-order valence-corrected chi connectivity index (χ2v) is 6.41. The van der Waals surface area contributed by atoms with Gasteiger partial charge < -0.3 is 15.5 Å². The fraction of sp³-hybridized carbons (Fsp3) is 0.800. The second kappa shape index (κ2) is 9.29. The fourth-order valence-electron chi connectivity index (χ4n) is 3.18. The Morgan fingerprint density at radius 1 is 1.43 bits per heavy atom. The van der Waals surface area contributed by atoms with Crippen LogP contribution < -0.4 is 10.6 Å². The molecular formula is C15H28IN5O2. The van der Waals surface area contributed by atoms with E-state index in [9.17, 15) is 9.59 Å². The van der Waals surface area contributed by atoms with E-state index in [1.807, 2.05) is 0 Å². The number of rotatable bonds is 5. The van der Waals surface area contributed by atoms with Crippen LogP contribution in [0.2, 0.25) is 0 Å². The summed E-state index contributed by atoms with van der Waals surface area (Å²) in [5.41, 5.74) is 0. The molecule has 2 saturated heterocycles.